The minimum Gasteiger partial charge on any atom is -0.493 e. The molecular formula is C22H21BrN2O4. The number of hydrogen-bond donors (Lipinski definition) is 0. The zero-order valence-electron chi connectivity index (χ0n) is 16.2. The summed E-state index contributed by atoms with van der Waals surface area (Å²) in [6, 6.07) is 18.3. The molecular weight excluding hydrogens is 436 g/mol. The van der Waals surface area contributed by atoms with Crippen molar-refractivity contribution >= 4 is 27.7 Å². The average Bonchev–Trinajstić information content (AvgIpc) is 2.77. The lowest BCUT2D eigenvalue weighted by Gasteiger charge is -2.22. The van der Waals surface area contributed by atoms with Crippen LogP contribution in [-0.4, -0.2) is 31.7 Å². The maximum absolute atomic E-state index is 13.0. The Kier molecular flexibility index (Phi) is 7.08. The van der Waals surface area contributed by atoms with Crippen molar-refractivity contribution < 1.29 is 19.0 Å². The first-order chi connectivity index (χ1) is 14.1. The molecule has 0 saturated heterocycles. The highest BCUT2D eigenvalue weighted by Crippen LogP contribution is 2.28. The zero-order valence-corrected chi connectivity index (χ0v) is 17.8. The molecule has 29 heavy (non-hydrogen) atoms. The molecule has 1 heterocycles. The molecule has 1 amide bonds. The van der Waals surface area contributed by atoms with Gasteiger partial charge in [-0.25, -0.2) is 4.98 Å². The molecule has 0 unspecified atom stereocenters. The van der Waals surface area contributed by atoms with E-state index in [4.69, 9.17) is 14.2 Å². The Balaban J connectivity index is 1.79. The number of rotatable bonds is 8. The van der Waals surface area contributed by atoms with Crippen LogP contribution >= 0.6 is 15.9 Å². The first-order valence-corrected chi connectivity index (χ1v) is 9.70. The molecule has 0 atom stereocenters. The highest BCUT2D eigenvalue weighted by molar-refractivity contribution is 9.10. The Labute approximate surface area is 178 Å². The van der Waals surface area contributed by atoms with Gasteiger partial charge in [-0.3, -0.25) is 9.69 Å². The van der Waals surface area contributed by atoms with Gasteiger partial charge in [0, 0.05) is 10.7 Å². The minimum atomic E-state index is -0.207. The summed E-state index contributed by atoms with van der Waals surface area (Å²) in [7, 11) is 3.16. The molecule has 3 rings (SSSR count). The standard InChI is InChI=1S/C22H21BrN2O4/c1-27-19-11-6-16(13-20(19)28-2)14-25(21-5-3-4-12-24-21)22(26)15-29-18-9-7-17(23)8-10-18/h3-13H,14-15H2,1-2H3. The Morgan fingerprint density at radius 2 is 1.76 bits per heavy atom. The molecule has 0 bridgehead atoms. The summed E-state index contributed by atoms with van der Waals surface area (Å²) in [4.78, 5) is 18.9. The number of methoxy groups -OCH3 is 2. The van der Waals surface area contributed by atoms with Crippen LogP contribution in [0.15, 0.2) is 71.3 Å². The predicted molar refractivity (Wildman–Crippen MR) is 115 cm³/mol. The van der Waals surface area contributed by atoms with Gasteiger partial charge in [0.05, 0.1) is 20.8 Å². The van der Waals surface area contributed by atoms with Crippen LogP contribution < -0.4 is 19.1 Å². The summed E-state index contributed by atoms with van der Waals surface area (Å²) < 4.78 is 17.3. The zero-order chi connectivity index (χ0) is 20.6. The van der Waals surface area contributed by atoms with Crippen molar-refractivity contribution in [3.8, 4) is 17.2 Å². The Hall–Kier alpha value is -3.06. The van der Waals surface area contributed by atoms with Crippen LogP contribution in [0.25, 0.3) is 0 Å². The fourth-order valence-electron chi connectivity index (χ4n) is 2.73. The minimum absolute atomic E-state index is 0.106. The highest BCUT2D eigenvalue weighted by Gasteiger charge is 2.19. The number of pyridine rings is 1. The van der Waals surface area contributed by atoms with E-state index in [9.17, 15) is 4.79 Å². The van der Waals surface area contributed by atoms with E-state index in [1.807, 2.05) is 36.4 Å². The molecule has 0 aliphatic heterocycles. The molecule has 0 saturated carbocycles. The number of nitrogens with zero attached hydrogens (tertiary/aromatic N) is 2. The summed E-state index contributed by atoms with van der Waals surface area (Å²) in [5, 5.41) is 0. The predicted octanol–water partition coefficient (Wildman–Crippen LogP) is 4.47. The second-order valence-electron chi connectivity index (χ2n) is 6.10. The van der Waals surface area contributed by atoms with E-state index in [-0.39, 0.29) is 12.5 Å². The molecule has 0 N–H and O–H groups in total. The number of amides is 1. The second kappa shape index (κ2) is 9.93. The summed E-state index contributed by atoms with van der Waals surface area (Å²) in [5.74, 6) is 2.19. The van der Waals surface area contributed by atoms with Gasteiger partial charge in [0.25, 0.3) is 5.91 Å². The van der Waals surface area contributed by atoms with Gasteiger partial charge in [-0.1, -0.05) is 28.1 Å². The second-order valence-corrected chi connectivity index (χ2v) is 7.02. The molecule has 0 aliphatic rings. The van der Waals surface area contributed by atoms with Gasteiger partial charge >= 0.3 is 0 Å². The number of aromatic nitrogens is 1. The van der Waals surface area contributed by atoms with Gasteiger partial charge in [0.1, 0.15) is 11.6 Å². The number of carbonyl (C=O) groups is 1. The van der Waals surface area contributed by atoms with Crippen molar-refractivity contribution in [2.75, 3.05) is 25.7 Å². The number of anilines is 1. The SMILES string of the molecule is COc1ccc(CN(C(=O)COc2ccc(Br)cc2)c2ccccn2)cc1OC. The lowest BCUT2D eigenvalue weighted by Crippen LogP contribution is -2.35. The van der Waals surface area contributed by atoms with Crippen LogP contribution in [0.1, 0.15) is 5.56 Å². The fraction of sp³-hybridized carbons (Fsp3) is 0.182. The quantitative estimate of drug-likeness (QED) is 0.500. The first kappa shape index (κ1) is 20.7. The third-order valence-electron chi connectivity index (χ3n) is 4.19. The molecule has 7 heteroatoms. The monoisotopic (exact) mass is 456 g/mol. The number of halogens is 1. The van der Waals surface area contributed by atoms with Crippen molar-refractivity contribution in [2.24, 2.45) is 0 Å². The Morgan fingerprint density at radius 3 is 2.41 bits per heavy atom. The van der Waals surface area contributed by atoms with Crippen molar-refractivity contribution in [3.05, 3.63) is 76.9 Å². The van der Waals surface area contributed by atoms with E-state index in [2.05, 4.69) is 20.9 Å². The molecule has 6 nitrogen and oxygen atoms in total. The molecule has 0 spiro atoms. The van der Waals surface area contributed by atoms with Crippen molar-refractivity contribution in [1.82, 2.24) is 4.98 Å². The van der Waals surface area contributed by atoms with Gasteiger partial charge in [-0.2, -0.15) is 0 Å². The van der Waals surface area contributed by atoms with Gasteiger partial charge in [-0.05, 0) is 54.1 Å². The molecule has 3 aromatic rings. The van der Waals surface area contributed by atoms with Crippen LogP contribution in [0.2, 0.25) is 0 Å². The third kappa shape index (κ3) is 5.48. The van der Waals surface area contributed by atoms with E-state index in [1.54, 1.807) is 49.6 Å². The normalized spacial score (nSPS) is 10.3. The van der Waals surface area contributed by atoms with Crippen LogP contribution in [0.5, 0.6) is 17.2 Å². The van der Waals surface area contributed by atoms with E-state index in [0.717, 1.165) is 10.0 Å². The maximum Gasteiger partial charge on any atom is 0.266 e. The Morgan fingerprint density at radius 1 is 1.00 bits per heavy atom. The molecule has 0 radical (unpaired) electrons. The fourth-order valence-corrected chi connectivity index (χ4v) is 2.99. The van der Waals surface area contributed by atoms with Crippen LogP contribution in [-0.2, 0) is 11.3 Å². The third-order valence-corrected chi connectivity index (χ3v) is 4.72. The lowest BCUT2D eigenvalue weighted by molar-refractivity contribution is -0.120. The van der Waals surface area contributed by atoms with E-state index < -0.39 is 0 Å². The summed E-state index contributed by atoms with van der Waals surface area (Å²) in [6.45, 7) is 0.214. The summed E-state index contributed by atoms with van der Waals surface area (Å²) in [5.41, 5.74) is 0.880. The number of ether oxygens (including phenoxy) is 3. The number of carbonyl (C=O) groups excluding carboxylic acids is 1. The molecule has 0 fully saturated rings. The number of hydrogen-bond acceptors (Lipinski definition) is 5. The van der Waals surface area contributed by atoms with Gasteiger partial charge in [0.15, 0.2) is 18.1 Å². The lowest BCUT2D eigenvalue weighted by atomic mass is 10.2. The van der Waals surface area contributed by atoms with Gasteiger partial charge in [-0.15, -0.1) is 0 Å². The largest absolute Gasteiger partial charge is 0.493 e. The summed E-state index contributed by atoms with van der Waals surface area (Å²) >= 11 is 3.38. The van der Waals surface area contributed by atoms with Crippen LogP contribution in [0, 0.1) is 0 Å². The van der Waals surface area contributed by atoms with Gasteiger partial charge in [0.2, 0.25) is 0 Å². The average molecular weight is 457 g/mol. The molecule has 150 valence electrons. The summed E-state index contributed by atoms with van der Waals surface area (Å²) in [6.07, 6.45) is 1.65. The number of benzene rings is 2. The topological polar surface area (TPSA) is 60.9 Å². The van der Waals surface area contributed by atoms with Crippen molar-refractivity contribution in [1.29, 1.82) is 0 Å². The highest BCUT2D eigenvalue weighted by atomic mass is 79.9. The first-order valence-electron chi connectivity index (χ1n) is 8.91. The molecule has 1 aromatic heterocycles. The van der Waals surface area contributed by atoms with Crippen molar-refractivity contribution in [3.63, 3.8) is 0 Å². The van der Waals surface area contributed by atoms with Gasteiger partial charge < -0.3 is 14.2 Å². The van der Waals surface area contributed by atoms with E-state index in [1.165, 1.54) is 0 Å². The Bertz CT molecular complexity index is 949. The molecule has 0 aliphatic carbocycles. The molecule has 2 aromatic carbocycles. The smallest absolute Gasteiger partial charge is 0.266 e. The van der Waals surface area contributed by atoms with E-state index >= 15 is 0 Å². The van der Waals surface area contributed by atoms with Crippen LogP contribution in [0.4, 0.5) is 5.82 Å². The maximum atomic E-state index is 13.0. The van der Waals surface area contributed by atoms with Crippen molar-refractivity contribution in [2.45, 2.75) is 6.54 Å². The van der Waals surface area contributed by atoms with Crippen LogP contribution in [0.3, 0.4) is 0 Å². The van der Waals surface area contributed by atoms with E-state index in [0.29, 0.717) is 29.6 Å².